The molecule has 5 nitrogen and oxygen atoms in total. The quantitative estimate of drug-likeness (QED) is 0.450. The molecule has 0 amide bonds. The summed E-state index contributed by atoms with van der Waals surface area (Å²) in [5.74, 6) is -0.696. The van der Waals surface area contributed by atoms with Crippen LogP contribution in [0.5, 0.6) is 0 Å². The second-order valence-electron chi connectivity index (χ2n) is 6.28. The van der Waals surface area contributed by atoms with E-state index < -0.39 is 12.1 Å². The van der Waals surface area contributed by atoms with Crippen molar-refractivity contribution in [2.24, 2.45) is 4.99 Å². The van der Waals surface area contributed by atoms with Crippen LogP contribution in [0.4, 0.5) is 0 Å². The van der Waals surface area contributed by atoms with E-state index in [-0.39, 0.29) is 24.4 Å². The fraction of sp³-hybridized carbons (Fsp3) is 0.500. The van der Waals surface area contributed by atoms with Gasteiger partial charge in [0.25, 0.3) is 0 Å². The van der Waals surface area contributed by atoms with Crippen LogP contribution in [0, 0.1) is 0 Å². The topological polar surface area (TPSA) is 49.3 Å². The lowest BCUT2D eigenvalue weighted by molar-refractivity contribution is -0.237. The second-order valence-corrected chi connectivity index (χ2v) is 6.46. The molecule has 24 heavy (non-hydrogen) atoms. The highest BCUT2D eigenvalue weighted by Gasteiger charge is 2.57. The zero-order chi connectivity index (χ0) is 17.2. The van der Waals surface area contributed by atoms with E-state index in [0.717, 1.165) is 5.56 Å². The van der Waals surface area contributed by atoms with Crippen molar-refractivity contribution in [2.45, 2.75) is 56.9 Å². The van der Waals surface area contributed by atoms with Crippen LogP contribution >= 0.6 is 12.2 Å². The number of aliphatic imine (C=N–C) groups is 1. The lowest BCUT2D eigenvalue weighted by Crippen LogP contribution is -2.36. The number of isothiocyanates is 1. The van der Waals surface area contributed by atoms with Gasteiger partial charge in [0.05, 0.1) is 11.8 Å². The van der Waals surface area contributed by atoms with E-state index in [0.29, 0.717) is 6.61 Å². The maximum absolute atomic E-state index is 6.03. The average molecular weight is 347 g/mol. The summed E-state index contributed by atoms with van der Waals surface area (Å²) in [5, 5.41) is 2.39. The molecule has 0 saturated carbocycles. The van der Waals surface area contributed by atoms with E-state index in [1.807, 2.05) is 44.2 Å². The molecule has 0 unspecified atom stereocenters. The Balaban J connectivity index is 1.75. The van der Waals surface area contributed by atoms with Gasteiger partial charge in [-0.15, -0.1) is 6.58 Å². The van der Waals surface area contributed by atoms with Gasteiger partial charge >= 0.3 is 0 Å². The highest BCUT2D eigenvalue weighted by Crippen LogP contribution is 2.40. The van der Waals surface area contributed by atoms with Crippen LogP contribution in [0.2, 0.25) is 0 Å². The van der Waals surface area contributed by atoms with Crippen molar-refractivity contribution in [3.05, 3.63) is 48.6 Å². The van der Waals surface area contributed by atoms with Crippen molar-refractivity contribution < 1.29 is 18.9 Å². The number of rotatable bonds is 6. The lowest BCUT2D eigenvalue weighted by atomic mass is 10.0. The molecule has 2 aliphatic heterocycles. The number of hydrogen-bond acceptors (Lipinski definition) is 6. The number of thiocarbonyl (C=S) groups is 1. The Bertz CT molecular complexity index is 629. The van der Waals surface area contributed by atoms with Crippen molar-refractivity contribution in [1.82, 2.24) is 0 Å². The van der Waals surface area contributed by atoms with E-state index >= 15 is 0 Å². The van der Waals surface area contributed by atoms with Gasteiger partial charge in [0.15, 0.2) is 12.1 Å². The van der Waals surface area contributed by atoms with Gasteiger partial charge in [-0.05, 0) is 31.6 Å². The smallest absolute Gasteiger partial charge is 0.187 e. The SMILES string of the molecule is C=C[C@@H](N=C=S)[C@H]1O[C@@H](OCc2ccccc2)[C@@H]2OC(C)(C)O[C@@H]21. The molecule has 0 aliphatic carbocycles. The third kappa shape index (κ3) is 3.64. The van der Waals surface area contributed by atoms with Crippen molar-refractivity contribution in [3.8, 4) is 0 Å². The van der Waals surface area contributed by atoms with Crippen molar-refractivity contribution in [2.75, 3.05) is 0 Å². The third-order valence-corrected chi connectivity index (χ3v) is 4.19. The van der Waals surface area contributed by atoms with Crippen LogP contribution < -0.4 is 0 Å². The molecular weight excluding hydrogens is 326 g/mol. The van der Waals surface area contributed by atoms with Gasteiger partial charge in [-0.2, -0.15) is 0 Å². The maximum Gasteiger partial charge on any atom is 0.187 e. The number of hydrogen-bond donors (Lipinski definition) is 0. The molecule has 128 valence electrons. The molecular formula is C18H21NO4S. The highest BCUT2D eigenvalue weighted by molar-refractivity contribution is 7.78. The van der Waals surface area contributed by atoms with Crippen LogP contribution in [0.15, 0.2) is 48.0 Å². The van der Waals surface area contributed by atoms with Crippen molar-refractivity contribution in [3.63, 3.8) is 0 Å². The molecule has 0 bridgehead atoms. The molecule has 1 aromatic carbocycles. The molecule has 0 radical (unpaired) electrons. The largest absolute Gasteiger partial charge is 0.345 e. The Kier molecular flexibility index (Phi) is 5.25. The van der Waals surface area contributed by atoms with E-state index in [1.165, 1.54) is 0 Å². The molecule has 2 aliphatic rings. The van der Waals surface area contributed by atoms with E-state index in [4.69, 9.17) is 31.2 Å². The molecule has 2 saturated heterocycles. The summed E-state index contributed by atoms with van der Waals surface area (Å²) >= 11 is 4.72. The first-order valence-corrected chi connectivity index (χ1v) is 8.31. The molecule has 3 rings (SSSR count). The third-order valence-electron chi connectivity index (χ3n) is 4.08. The lowest BCUT2D eigenvalue weighted by Gasteiger charge is -2.25. The Morgan fingerprint density at radius 2 is 2.04 bits per heavy atom. The van der Waals surface area contributed by atoms with Gasteiger partial charge in [0.1, 0.15) is 24.4 Å². The Morgan fingerprint density at radius 3 is 2.71 bits per heavy atom. The molecule has 2 fully saturated rings. The molecule has 6 heteroatoms. The predicted octanol–water partition coefficient (Wildman–Crippen LogP) is 3.11. The summed E-state index contributed by atoms with van der Waals surface area (Å²) in [6, 6.07) is 9.57. The molecule has 1 aromatic rings. The first-order valence-electron chi connectivity index (χ1n) is 7.90. The molecule has 0 N–H and O–H groups in total. The van der Waals surface area contributed by atoms with Gasteiger partial charge < -0.3 is 18.9 Å². The second kappa shape index (κ2) is 7.23. The minimum Gasteiger partial charge on any atom is -0.345 e. The first kappa shape index (κ1) is 17.4. The predicted molar refractivity (Wildman–Crippen MR) is 92.7 cm³/mol. The monoisotopic (exact) mass is 347 g/mol. The van der Waals surface area contributed by atoms with Gasteiger partial charge in [0, 0.05) is 0 Å². The first-order chi connectivity index (χ1) is 11.5. The number of fused-ring (bicyclic) bond motifs is 1. The van der Waals surface area contributed by atoms with Crippen LogP contribution in [-0.2, 0) is 25.6 Å². The summed E-state index contributed by atoms with van der Waals surface area (Å²) in [4.78, 5) is 4.12. The van der Waals surface area contributed by atoms with E-state index in [2.05, 4.69) is 16.7 Å². The molecule has 5 atom stereocenters. The van der Waals surface area contributed by atoms with Crippen LogP contribution in [0.3, 0.4) is 0 Å². The standard InChI is InChI=1S/C18H21NO4S/c1-4-13(19-11-24)14-15-16(23-18(2,3)22-15)17(21-14)20-10-12-8-6-5-7-9-12/h4-9,13-17H,1,10H2,2-3H3/t13-,14-,15-,16-,17-/m1/s1. The normalized spacial score (nSPS) is 31.9. The minimum atomic E-state index is -0.696. The van der Waals surface area contributed by atoms with E-state index in [1.54, 1.807) is 6.08 Å². The summed E-state index contributed by atoms with van der Waals surface area (Å²) in [7, 11) is 0. The average Bonchev–Trinajstić information content (AvgIpc) is 3.05. The fourth-order valence-electron chi connectivity index (χ4n) is 3.07. The Morgan fingerprint density at radius 1 is 1.33 bits per heavy atom. The van der Waals surface area contributed by atoms with Gasteiger partial charge in [-0.1, -0.05) is 36.4 Å². The zero-order valence-corrected chi connectivity index (χ0v) is 14.6. The number of benzene rings is 1. The van der Waals surface area contributed by atoms with Crippen LogP contribution in [0.1, 0.15) is 19.4 Å². The highest BCUT2D eigenvalue weighted by atomic mass is 32.1. The van der Waals surface area contributed by atoms with Crippen molar-refractivity contribution in [1.29, 1.82) is 0 Å². The van der Waals surface area contributed by atoms with Crippen LogP contribution in [0.25, 0.3) is 0 Å². The minimum absolute atomic E-state index is 0.295. The molecule has 0 spiro atoms. The molecule has 0 aromatic heterocycles. The summed E-state index contributed by atoms with van der Waals surface area (Å²) in [6.45, 7) is 7.98. The summed E-state index contributed by atoms with van der Waals surface area (Å²) < 4.78 is 24.0. The van der Waals surface area contributed by atoms with Crippen LogP contribution in [-0.4, -0.2) is 41.6 Å². The van der Waals surface area contributed by atoms with Gasteiger partial charge in [-0.25, -0.2) is 4.99 Å². The fourth-order valence-corrected chi connectivity index (χ4v) is 3.20. The van der Waals surface area contributed by atoms with Crippen molar-refractivity contribution >= 4 is 17.4 Å². The van der Waals surface area contributed by atoms with Gasteiger partial charge in [0.2, 0.25) is 0 Å². The molecule has 2 heterocycles. The number of nitrogens with zero attached hydrogens (tertiary/aromatic N) is 1. The maximum atomic E-state index is 6.03. The zero-order valence-electron chi connectivity index (χ0n) is 13.8. The number of ether oxygens (including phenoxy) is 4. The van der Waals surface area contributed by atoms with Gasteiger partial charge in [-0.3, -0.25) is 0 Å². The van der Waals surface area contributed by atoms with E-state index in [9.17, 15) is 0 Å². The Hall–Kier alpha value is -1.40. The summed E-state index contributed by atoms with van der Waals surface area (Å²) in [5.41, 5.74) is 1.07. The summed E-state index contributed by atoms with van der Waals surface area (Å²) in [6.07, 6.45) is 0.151. The Labute approximate surface area is 147 Å².